The lowest BCUT2D eigenvalue weighted by atomic mass is 10.0. The number of aryl methyl sites for hydroxylation is 1. The number of nitrogens with zero attached hydrogens (tertiary/aromatic N) is 3. The zero-order valence-corrected chi connectivity index (χ0v) is 13.0. The predicted molar refractivity (Wildman–Crippen MR) is 84.5 cm³/mol. The lowest BCUT2D eigenvalue weighted by molar-refractivity contribution is 0.0688. The summed E-state index contributed by atoms with van der Waals surface area (Å²) >= 11 is 0. The fourth-order valence-corrected chi connectivity index (χ4v) is 2.86. The average Bonchev–Trinajstić information content (AvgIpc) is 3.05. The van der Waals surface area contributed by atoms with Crippen LogP contribution in [0.25, 0.3) is 0 Å². The van der Waals surface area contributed by atoms with Crippen LogP contribution in [0, 0.1) is 6.92 Å². The summed E-state index contributed by atoms with van der Waals surface area (Å²) in [4.78, 5) is 25.2. The van der Waals surface area contributed by atoms with Crippen molar-refractivity contribution in [1.82, 2.24) is 14.7 Å². The maximum atomic E-state index is 12.5. The molecule has 3 rings (SSSR count). The molecule has 23 heavy (non-hydrogen) atoms. The maximum absolute atomic E-state index is 12.5. The number of carbonyl (C=O) groups is 2. The number of rotatable bonds is 3. The Morgan fingerprint density at radius 3 is 2.35 bits per heavy atom. The Bertz CT molecular complexity index is 713. The van der Waals surface area contributed by atoms with E-state index in [4.69, 9.17) is 5.11 Å². The fourth-order valence-electron chi connectivity index (χ4n) is 2.86. The second-order valence-electron chi connectivity index (χ2n) is 5.90. The van der Waals surface area contributed by atoms with Crippen molar-refractivity contribution < 1.29 is 14.7 Å². The van der Waals surface area contributed by atoms with Gasteiger partial charge in [-0.15, -0.1) is 0 Å². The smallest absolute Gasteiger partial charge is 0.338 e. The fraction of sp³-hybridized carbons (Fsp3) is 0.353. The largest absolute Gasteiger partial charge is 0.478 e. The number of hydrogen-bond donors (Lipinski definition) is 1. The van der Waals surface area contributed by atoms with Crippen LogP contribution in [-0.2, 0) is 0 Å². The van der Waals surface area contributed by atoms with E-state index in [-0.39, 0.29) is 17.5 Å². The Hall–Kier alpha value is -2.63. The molecule has 1 N–H and O–H groups in total. The molecule has 0 atom stereocenters. The van der Waals surface area contributed by atoms with Crippen molar-refractivity contribution in [2.45, 2.75) is 25.8 Å². The van der Waals surface area contributed by atoms with E-state index in [0.29, 0.717) is 18.7 Å². The van der Waals surface area contributed by atoms with Crippen LogP contribution in [0.4, 0.5) is 0 Å². The highest BCUT2D eigenvalue weighted by atomic mass is 16.4. The van der Waals surface area contributed by atoms with Crippen LogP contribution in [0.3, 0.4) is 0 Å². The van der Waals surface area contributed by atoms with Gasteiger partial charge in [0.2, 0.25) is 0 Å². The number of aromatic carboxylic acids is 1. The molecule has 0 aliphatic carbocycles. The van der Waals surface area contributed by atoms with Crippen LogP contribution < -0.4 is 0 Å². The minimum absolute atomic E-state index is 0.0511. The molecule has 1 amide bonds. The van der Waals surface area contributed by atoms with Gasteiger partial charge in [0, 0.05) is 24.8 Å². The quantitative estimate of drug-likeness (QED) is 0.944. The van der Waals surface area contributed by atoms with E-state index in [0.717, 1.165) is 18.4 Å². The number of likely N-dealkylation sites (tertiary alicyclic amines) is 1. The Balaban J connectivity index is 1.62. The van der Waals surface area contributed by atoms with Gasteiger partial charge >= 0.3 is 5.97 Å². The summed E-state index contributed by atoms with van der Waals surface area (Å²) in [6, 6.07) is 7.74. The van der Waals surface area contributed by atoms with Gasteiger partial charge in [-0.25, -0.2) is 4.79 Å². The van der Waals surface area contributed by atoms with Crippen molar-refractivity contribution in [2.75, 3.05) is 13.1 Å². The first-order chi connectivity index (χ1) is 11.0. The van der Waals surface area contributed by atoms with Crippen LogP contribution >= 0.6 is 0 Å². The molecule has 1 aromatic carbocycles. The van der Waals surface area contributed by atoms with Gasteiger partial charge in [0.15, 0.2) is 0 Å². The van der Waals surface area contributed by atoms with E-state index in [1.807, 2.05) is 36.1 Å². The van der Waals surface area contributed by atoms with Gasteiger partial charge in [-0.2, -0.15) is 5.10 Å². The second-order valence-corrected chi connectivity index (χ2v) is 5.90. The third-order valence-electron chi connectivity index (χ3n) is 4.27. The summed E-state index contributed by atoms with van der Waals surface area (Å²) in [7, 11) is 0. The molecule has 120 valence electrons. The molecule has 2 heterocycles. The van der Waals surface area contributed by atoms with Crippen molar-refractivity contribution in [3.63, 3.8) is 0 Å². The predicted octanol–water partition coefficient (Wildman–Crippen LogP) is 2.37. The van der Waals surface area contributed by atoms with Gasteiger partial charge < -0.3 is 10.0 Å². The first-order valence-corrected chi connectivity index (χ1v) is 7.68. The highest BCUT2D eigenvalue weighted by molar-refractivity contribution is 5.94. The molecule has 1 fully saturated rings. The monoisotopic (exact) mass is 313 g/mol. The molecular formula is C17H19N3O3. The minimum atomic E-state index is -0.969. The summed E-state index contributed by atoms with van der Waals surface area (Å²) in [6.45, 7) is 3.30. The molecule has 1 aliphatic heterocycles. The lowest BCUT2D eigenvalue weighted by Crippen LogP contribution is -2.39. The minimum Gasteiger partial charge on any atom is -0.478 e. The summed E-state index contributed by atoms with van der Waals surface area (Å²) < 4.78 is 1.71. The highest BCUT2D eigenvalue weighted by Crippen LogP contribution is 2.23. The molecule has 0 bridgehead atoms. The molecule has 6 heteroatoms. The number of carbonyl (C=O) groups excluding carboxylic acids is 1. The highest BCUT2D eigenvalue weighted by Gasteiger charge is 2.25. The molecule has 0 spiro atoms. The molecule has 1 aromatic heterocycles. The van der Waals surface area contributed by atoms with E-state index < -0.39 is 5.97 Å². The van der Waals surface area contributed by atoms with Crippen molar-refractivity contribution >= 4 is 11.9 Å². The molecule has 2 aromatic rings. The Labute approximate surface area is 134 Å². The first kappa shape index (κ1) is 15.3. The number of carboxylic acid groups (broad SMARTS) is 1. The van der Waals surface area contributed by atoms with E-state index >= 15 is 0 Å². The topological polar surface area (TPSA) is 75.4 Å². The van der Waals surface area contributed by atoms with Crippen LogP contribution in [0.2, 0.25) is 0 Å². The summed E-state index contributed by atoms with van der Waals surface area (Å²) in [5.74, 6) is -0.918. The van der Waals surface area contributed by atoms with Crippen molar-refractivity contribution in [3.8, 4) is 0 Å². The SMILES string of the molecule is Cc1ccc(C(=O)N2CCC(n3cc(C(=O)O)cn3)CC2)cc1. The number of amides is 1. The van der Waals surface area contributed by atoms with Crippen molar-refractivity contribution in [3.05, 3.63) is 53.3 Å². The first-order valence-electron chi connectivity index (χ1n) is 7.68. The molecule has 0 radical (unpaired) electrons. The third kappa shape index (κ3) is 3.26. The number of aromatic nitrogens is 2. The number of carboxylic acids is 1. The van der Waals surface area contributed by atoms with E-state index in [1.54, 1.807) is 10.9 Å². The van der Waals surface area contributed by atoms with Gasteiger partial charge in [0.05, 0.1) is 17.8 Å². The number of piperidine rings is 1. The zero-order valence-electron chi connectivity index (χ0n) is 13.0. The van der Waals surface area contributed by atoms with Crippen LogP contribution in [0.1, 0.15) is 45.2 Å². The van der Waals surface area contributed by atoms with Gasteiger partial charge in [0.1, 0.15) is 0 Å². The molecule has 6 nitrogen and oxygen atoms in total. The summed E-state index contributed by atoms with van der Waals surface area (Å²) in [5, 5.41) is 13.1. The van der Waals surface area contributed by atoms with Crippen LogP contribution in [0.15, 0.2) is 36.7 Å². The maximum Gasteiger partial charge on any atom is 0.338 e. The zero-order chi connectivity index (χ0) is 16.4. The van der Waals surface area contributed by atoms with Crippen LogP contribution in [-0.4, -0.2) is 44.8 Å². The van der Waals surface area contributed by atoms with Gasteiger partial charge in [-0.3, -0.25) is 9.48 Å². The second kappa shape index (κ2) is 6.24. The van der Waals surface area contributed by atoms with Gasteiger partial charge in [0.25, 0.3) is 5.91 Å². The number of benzene rings is 1. The van der Waals surface area contributed by atoms with Gasteiger partial charge in [-0.1, -0.05) is 17.7 Å². The van der Waals surface area contributed by atoms with E-state index in [9.17, 15) is 9.59 Å². The summed E-state index contributed by atoms with van der Waals surface area (Å²) in [6.07, 6.45) is 4.48. The molecule has 0 unspecified atom stereocenters. The standard InChI is InChI=1S/C17H19N3O3/c1-12-2-4-13(5-3-12)16(21)19-8-6-15(7-9-19)20-11-14(10-18-20)17(22)23/h2-5,10-11,15H,6-9H2,1H3,(H,22,23). The lowest BCUT2D eigenvalue weighted by Gasteiger charge is -2.32. The Morgan fingerprint density at radius 2 is 1.78 bits per heavy atom. The van der Waals surface area contributed by atoms with Gasteiger partial charge in [-0.05, 0) is 31.9 Å². The Kier molecular flexibility index (Phi) is 4.14. The Morgan fingerprint density at radius 1 is 1.13 bits per heavy atom. The van der Waals surface area contributed by atoms with E-state index in [2.05, 4.69) is 5.10 Å². The van der Waals surface area contributed by atoms with E-state index in [1.165, 1.54) is 6.20 Å². The van der Waals surface area contributed by atoms with Crippen molar-refractivity contribution in [1.29, 1.82) is 0 Å². The number of hydrogen-bond acceptors (Lipinski definition) is 3. The normalized spacial score (nSPS) is 15.6. The molecular weight excluding hydrogens is 294 g/mol. The summed E-state index contributed by atoms with van der Waals surface area (Å²) in [5.41, 5.74) is 2.04. The average molecular weight is 313 g/mol. The van der Waals surface area contributed by atoms with Crippen molar-refractivity contribution in [2.24, 2.45) is 0 Å². The molecule has 1 saturated heterocycles. The third-order valence-corrected chi connectivity index (χ3v) is 4.27. The van der Waals surface area contributed by atoms with Crippen LogP contribution in [0.5, 0.6) is 0 Å². The molecule has 0 saturated carbocycles. The molecule has 1 aliphatic rings.